The molecular weight excluding hydrogens is 302 g/mol. The van der Waals surface area contributed by atoms with Crippen LogP contribution in [0.3, 0.4) is 0 Å². The number of benzene rings is 1. The molecule has 2 heterocycles. The number of piperidine rings is 1. The molecule has 1 aromatic carbocycles. The zero-order valence-corrected chi connectivity index (χ0v) is 14.2. The summed E-state index contributed by atoms with van der Waals surface area (Å²) in [6, 6.07) is 7.46. The zero-order valence-electron chi connectivity index (χ0n) is 14.2. The number of rotatable bonds is 3. The molecule has 0 radical (unpaired) electrons. The Morgan fingerprint density at radius 2 is 1.67 bits per heavy atom. The van der Waals surface area contributed by atoms with Crippen LogP contribution in [0.25, 0.3) is 0 Å². The maximum atomic E-state index is 12.2. The van der Waals surface area contributed by atoms with Gasteiger partial charge < -0.3 is 10.2 Å². The van der Waals surface area contributed by atoms with E-state index in [1.54, 1.807) is 0 Å². The highest BCUT2D eigenvalue weighted by atomic mass is 16.2. The number of nitrogens with zero attached hydrogens (tertiary/aromatic N) is 3. The molecule has 1 aliphatic rings. The Labute approximate surface area is 142 Å². The predicted octanol–water partition coefficient (Wildman–Crippen LogP) is 3.73. The van der Waals surface area contributed by atoms with Gasteiger partial charge in [0.15, 0.2) is 0 Å². The van der Waals surface area contributed by atoms with Crippen molar-refractivity contribution >= 4 is 23.4 Å². The molecule has 1 saturated heterocycles. The molecule has 0 atom stereocenters. The van der Waals surface area contributed by atoms with Gasteiger partial charge in [0, 0.05) is 24.8 Å². The van der Waals surface area contributed by atoms with Gasteiger partial charge in [0.1, 0.15) is 18.0 Å². The summed E-state index contributed by atoms with van der Waals surface area (Å²) in [5.74, 6) is 1.37. The van der Waals surface area contributed by atoms with Gasteiger partial charge in [-0.2, -0.15) is 0 Å². The van der Waals surface area contributed by atoms with Crippen LogP contribution in [0.2, 0.25) is 0 Å². The molecule has 3 rings (SSSR count). The monoisotopic (exact) mass is 325 g/mol. The molecule has 1 aromatic heterocycles. The average molecular weight is 325 g/mol. The summed E-state index contributed by atoms with van der Waals surface area (Å²) < 4.78 is 0. The van der Waals surface area contributed by atoms with Crippen molar-refractivity contribution in [3.8, 4) is 0 Å². The average Bonchev–Trinajstić information content (AvgIpc) is 2.55. The van der Waals surface area contributed by atoms with Gasteiger partial charge in [-0.05, 0) is 56.4 Å². The molecule has 2 amide bonds. The minimum Gasteiger partial charge on any atom is -0.356 e. The van der Waals surface area contributed by atoms with Gasteiger partial charge in [-0.3, -0.25) is 5.32 Å². The number of urea groups is 1. The quantitative estimate of drug-likeness (QED) is 0.902. The maximum absolute atomic E-state index is 12.2. The highest BCUT2D eigenvalue weighted by Gasteiger charge is 2.13. The first-order valence-corrected chi connectivity index (χ1v) is 8.33. The fraction of sp³-hybridized carbons (Fsp3) is 0.389. The number of aromatic nitrogens is 2. The molecule has 0 saturated carbocycles. The summed E-state index contributed by atoms with van der Waals surface area (Å²) in [5, 5.41) is 5.63. The van der Waals surface area contributed by atoms with E-state index in [9.17, 15) is 4.79 Å². The van der Waals surface area contributed by atoms with Crippen molar-refractivity contribution in [2.45, 2.75) is 33.1 Å². The van der Waals surface area contributed by atoms with Crippen molar-refractivity contribution in [3.05, 3.63) is 41.7 Å². The lowest BCUT2D eigenvalue weighted by Gasteiger charge is -2.27. The first-order chi connectivity index (χ1) is 11.6. The van der Waals surface area contributed by atoms with Crippen LogP contribution in [0.1, 0.15) is 30.4 Å². The van der Waals surface area contributed by atoms with Gasteiger partial charge in [0.2, 0.25) is 0 Å². The smallest absolute Gasteiger partial charge is 0.324 e. The van der Waals surface area contributed by atoms with Crippen molar-refractivity contribution < 1.29 is 4.79 Å². The molecule has 6 heteroatoms. The van der Waals surface area contributed by atoms with E-state index in [1.807, 2.05) is 32.0 Å². The van der Waals surface area contributed by atoms with Gasteiger partial charge >= 0.3 is 6.03 Å². The Bertz CT molecular complexity index is 705. The minimum atomic E-state index is -0.303. The third kappa shape index (κ3) is 4.22. The molecule has 24 heavy (non-hydrogen) atoms. The molecule has 2 aromatic rings. The molecule has 0 unspecified atom stereocenters. The van der Waals surface area contributed by atoms with Crippen LogP contribution < -0.4 is 15.5 Å². The Morgan fingerprint density at radius 1 is 0.958 bits per heavy atom. The number of anilines is 3. The second-order valence-electron chi connectivity index (χ2n) is 6.26. The fourth-order valence-electron chi connectivity index (χ4n) is 3.04. The van der Waals surface area contributed by atoms with Crippen molar-refractivity contribution in [2.24, 2.45) is 0 Å². The molecular formula is C18H23N5O. The summed E-state index contributed by atoms with van der Waals surface area (Å²) in [6.07, 6.45) is 5.13. The Kier molecular flexibility index (Phi) is 4.93. The SMILES string of the molecule is Cc1cc(C)cc(NC(=O)Nc2cc(N3CCCCC3)ncn2)c1. The molecule has 1 aliphatic heterocycles. The van der Waals surface area contributed by atoms with Crippen LogP contribution in [-0.2, 0) is 0 Å². The van der Waals surface area contributed by atoms with E-state index in [0.29, 0.717) is 5.82 Å². The number of amides is 2. The summed E-state index contributed by atoms with van der Waals surface area (Å²) in [6.45, 7) is 6.02. The number of nitrogens with one attached hydrogen (secondary N) is 2. The van der Waals surface area contributed by atoms with E-state index < -0.39 is 0 Å². The van der Waals surface area contributed by atoms with E-state index in [1.165, 1.54) is 25.6 Å². The highest BCUT2D eigenvalue weighted by Crippen LogP contribution is 2.19. The van der Waals surface area contributed by atoms with Crippen LogP contribution in [-0.4, -0.2) is 29.1 Å². The third-order valence-corrected chi connectivity index (χ3v) is 4.05. The van der Waals surface area contributed by atoms with Crippen LogP contribution in [0, 0.1) is 13.8 Å². The Balaban J connectivity index is 1.65. The highest BCUT2D eigenvalue weighted by molar-refractivity contribution is 5.99. The molecule has 6 nitrogen and oxygen atoms in total. The molecule has 0 bridgehead atoms. The van der Waals surface area contributed by atoms with Gasteiger partial charge in [-0.15, -0.1) is 0 Å². The summed E-state index contributed by atoms with van der Waals surface area (Å²) in [4.78, 5) is 22.9. The van der Waals surface area contributed by atoms with Gasteiger partial charge in [-0.1, -0.05) is 6.07 Å². The van der Waals surface area contributed by atoms with E-state index in [0.717, 1.165) is 35.7 Å². The van der Waals surface area contributed by atoms with E-state index in [-0.39, 0.29) is 6.03 Å². The van der Waals surface area contributed by atoms with Crippen molar-refractivity contribution in [1.82, 2.24) is 9.97 Å². The number of carbonyl (C=O) groups excluding carboxylic acids is 1. The van der Waals surface area contributed by atoms with Crippen molar-refractivity contribution in [2.75, 3.05) is 28.6 Å². The summed E-state index contributed by atoms with van der Waals surface area (Å²) in [7, 11) is 0. The standard InChI is InChI=1S/C18H23N5O/c1-13-8-14(2)10-15(9-13)21-18(24)22-16-11-17(20-12-19-16)23-6-4-3-5-7-23/h8-12H,3-7H2,1-2H3,(H2,19,20,21,22,24). The largest absolute Gasteiger partial charge is 0.356 e. The molecule has 0 spiro atoms. The fourth-order valence-corrected chi connectivity index (χ4v) is 3.04. The van der Waals surface area contributed by atoms with Gasteiger partial charge in [0.25, 0.3) is 0 Å². The second-order valence-corrected chi connectivity index (χ2v) is 6.26. The Hall–Kier alpha value is -2.63. The lowest BCUT2D eigenvalue weighted by Crippen LogP contribution is -2.30. The van der Waals surface area contributed by atoms with E-state index in [2.05, 4.69) is 31.6 Å². The number of hydrogen-bond acceptors (Lipinski definition) is 4. The van der Waals surface area contributed by atoms with Crippen molar-refractivity contribution in [1.29, 1.82) is 0 Å². The second kappa shape index (κ2) is 7.29. The first kappa shape index (κ1) is 16.2. The maximum Gasteiger partial charge on any atom is 0.324 e. The zero-order chi connectivity index (χ0) is 16.9. The first-order valence-electron chi connectivity index (χ1n) is 8.33. The van der Waals surface area contributed by atoms with Crippen molar-refractivity contribution in [3.63, 3.8) is 0 Å². The number of hydrogen-bond donors (Lipinski definition) is 2. The topological polar surface area (TPSA) is 70.2 Å². The summed E-state index contributed by atoms with van der Waals surface area (Å²) >= 11 is 0. The normalized spacial score (nSPS) is 14.3. The number of aryl methyl sites for hydroxylation is 2. The van der Waals surface area contributed by atoms with Crippen LogP contribution in [0.4, 0.5) is 22.1 Å². The van der Waals surface area contributed by atoms with Crippen LogP contribution in [0.15, 0.2) is 30.6 Å². The third-order valence-electron chi connectivity index (χ3n) is 4.05. The molecule has 1 fully saturated rings. The van der Waals surface area contributed by atoms with E-state index in [4.69, 9.17) is 0 Å². The van der Waals surface area contributed by atoms with Crippen LogP contribution in [0.5, 0.6) is 0 Å². The Morgan fingerprint density at radius 3 is 2.38 bits per heavy atom. The molecule has 2 N–H and O–H groups in total. The number of carbonyl (C=O) groups is 1. The lowest BCUT2D eigenvalue weighted by atomic mass is 10.1. The van der Waals surface area contributed by atoms with Gasteiger partial charge in [0.05, 0.1) is 0 Å². The minimum absolute atomic E-state index is 0.303. The summed E-state index contributed by atoms with van der Waals surface area (Å²) in [5.41, 5.74) is 3.00. The predicted molar refractivity (Wildman–Crippen MR) is 96.7 cm³/mol. The van der Waals surface area contributed by atoms with Gasteiger partial charge in [-0.25, -0.2) is 14.8 Å². The molecule has 0 aliphatic carbocycles. The lowest BCUT2D eigenvalue weighted by molar-refractivity contribution is 0.262. The molecule has 126 valence electrons. The van der Waals surface area contributed by atoms with Crippen LogP contribution >= 0.6 is 0 Å². The van der Waals surface area contributed by atoms with E-state index >= 15 is 0 Å².